The van der Waals surface area contributed by atoms with E-state index in [1.54, 1.807) is 0 Å². The Morgan fingerprint density at radius 1 is 1.41 bits per heavy atom. The summed E-state index contributed by atoms with van der Waals surface area (Å²) in [4.78, 5) is 2.45. The zero-order valence-corrected chi connectivity index (χ0v) is 12.4. The highest BCUT2D eigenvalue weighted by Gasteiger charge is 2.29. The lowest BCUT2D eigenvalue weighted by atomic mass is 9.93. The van der Waals surface area contributed by atoms with Gasteiger partial charge in [-0.2, -0.15) is 0 Å². The molecule has 1 aliphatic rings. The van der Waals surface area contributed by atoms with E-state index in [1.807, 2.05) is 6.92 Å². The van der Waals surface area contributed by atoms with Gasteiger partial charge in [0.2, 0.25) is 0 Å². The molecule has 1 atom stereocenters. The summed E-state index contributed by atoms with van der Waals surface area (Å²) in [6, 6.07) is 6.59. The molecule has 3 heteroatoms. The molecule has 2 N–H and O–H groups in total. The van der Waals surface area contributed by atoms with Gasteiger partial charge >= 0.3 is 0 Å². The topological polar surface area (TPSA) is 29.3 Å². The minimum atomic E-state index is 0.0773. The first-order valence-electron chi connectivity index (χ1n) is 6.19. The molecule has 2 nitrogen and oxygen atoms in total. The molecular weight excluding hydrogens is 276 g/mol. The maximum atomic E-state index is 5.92. The van der Waals surface area contributed by atoms with E-state index in [1.165, 1.54) is 17.7 Å². The maximum absolute atomic E-state index is 5.92. The SMILES string of the molecule is C[C@H](N)c1ccc(N2CCC(C)(C)C2)cc1Br. The monoisotopic (exact) mass is 296 g/mol. The largest absolute Gasteiger partial charge is 0.371 e. The third-order valence-corrected chi connectivity index (χ3v) is 4.20. The van der Waals surface area contributed by atoms with Crippen LogP contribution in [0.4, 0.5) is 5.69 Å². The molecular formula is C14H21BrN2. The van der Waals surface area contributed by atoms with Crippen LogP contribution in [0.25, 0.3) is 0 Å². The summed E-state index contributed by atoms with van der Waals surface area (Å²) >= 11 is 3.62. The van der Waals surface area contributed by atoms with E-state index in [2.05, 4.69) is 52.9 Å². The van der Waals surface area contributed by atoms with Crippen LogP contribution in [0.2, 0.25) is 0 Å². The molecule has 2 rings (SSSR count). The van der Waals surface area contributed by atoms with Gasteiger partial charge < -0.3 is 10.6 Å². The molecule has 94 valence electrons. The van der Waals surface area contributed by atoms with E-state index in [0.717, 1.165) is 17.6 Å². The van der Waals surface area contributed by atoms with Crippen molar-refractivity contribution >= 4 is 21.6 Å². The summed E-state index contributed by atoms with van der Waals surface area (Å²) in [6.45, 7) is 8.96. The van der Waals surface area contributed by atoms with Gasteiger partial charge in [-0.3, -0.25) is 0 Å². The van der Waals surface area contributed by atoms with Gasteiger partial charge in [-0.25, -0.2) is 0 Å². The summed E-state index contributed by atoms with van der Waals surface area (Å²) in [5.74, 6) is 0. The number of nitrogens with two attached hydrogens (primary N) is 1. The van der Waals surface area contributed by atoms with Gasteiger partial charge in [0.15, 0.2) is 0 Å². The van der Waals surface area contributed by atoms with Crippen LogP contribution < -0.4 is 10.6 Å². The minimum absolute atomic E-state index is 0.0773. The summed E-state index contributed by atoms with van der Waals surface area (Å²) in [6.07, 6.45) is 1.26. The first-order valence-corrected chi connectivity index (χ1v) is 6.98. The number of rotatable bonds is 2. The van der Waals surface area contributed by atoms with E-state index in [0.29, 0.717) is 5.41 Å². The predicted molar refractivity (Wildman–Crippen MR) is 77.4 cm³/mol. The van der Waals surface area contributed by atoms with E-state index in [4.69, 9.17) is 5.73 Å². The Hall–Kier alpha value is -0.540. The van der Waals surface area contributed by atoms with Crippen LogP contribution in [-0.4, -0.2) is 13.1 Å². The molecule has 1 fully saturated rings. The number of hydrogen-bond acceptors (Lipinski definition) is 2. The molecule has 0 radical (unpaired) electrons. The molecule has 1 aromatic rings. The highest BCUT2D eigenvalue weighted by molar-refractivity contribution is 9.10. The van der Waals surface area contributed by atoms with Gasteiger partial charge in [-0.15, -0.1) is 0 Å². The van der Waals surface area contributed by atoms with E-state index in [9.17, 15) is 0 Å². The Kier molecular flexibility index (Phi) is 3.50. The number of anilines is 1. The van der Waals surface area contributed by atoms with Crippen LogP contribution in [0, 0.1) is 5.41 Å². The molecule has 0 spiro atoms. The van der Waals surface area contributed by atoms with Gasteiger partial charge in [0.25, 0.3) is 0 Å². The van der Waals surface area contributed by atoms with E-state index < -0.39 is 0 Å². The molecule has 1 aliphatic heterocycles. The summed E-state index contributed by atoms with van der Waals surface area (Å²) in [5.41, 5.74) is 8.83. The quantitative estimate of drug-likeness (QED) is 0.901. The van der Waals surface area contributed by atoms with Crippen molar-refractivity contribution in [1.82, 2.24) is 0 Å². The average molecular weight is 297 g/mol. The molecule has 0 aliphatic carbocycles. The number of halogens is 1. The molecule has 0 amide bonds. The smallest absolute Gasteiger partial charge is 0.0377 e. The zero-order chi connectivity index (χ0) is 12.6. The Morgan fingerprint density at radius 3 is 2.59 bits per heavy atom. The van der Waals surface area contributed by atoms with Crippen LogP contribution in [0.5, 0.6) is 0 Å². The predicted octanol–water partition coefficient (Wildman–Crippen LogP) is 3.71. The van der Waals surface area contributed by atoms with Gasteiger partial charge in [0.05, 0.1) is 0 Å². The Labute approximate surface area is 112 Å². The van der Waals surface area contributed by atoms with Crippen molar-refractivity contribution in [2.24, 2.45) is 11.1 Å². The third-order valence-electron chi connectivity index (χ3n) is 3.52. The molecule has 1 heterocycles. The molecule has 1 aromatic carbocycles. The molecule has 0 aromatic heterocycles. The number of nitrogens with zero attached hydrogens (tertiary/aromatic N) is 1. The van der Waals surface area contributed by atoms with Crippen molar-refractivity contribution in [2.45, 2.75) is 33.2 Å². The first kappa shape index (κ1) is 12.9. The Morgan fingerprint density at radius 2 is 2.12 bits per heavy atom. The summed E-state index contributed by atoms with van der Waals surface area (Å²) in [5, 5.41) is 0. The van der Waals surface area contributed by atoms with Gasteiger partial charge in [0.1, 0.15) is 0 Å². The van der Waals surface area contributed by atoms with Gasteiger partial charge in [-0.05, 0) is 36.5 Å². The fraction of sp³-hybridized carbons (Fsp3) is 0.571. The van der Waals surface area contributed by atoms with Crippen molar-refractivity contribution in [3.05, 3.63) is 28.2 Å². The highest BCUT2D eigenvalue weighted by Crippen LogP contribution is 2.34. The Bertz CT molecular complexity index is 413. The fourth-order valence-electron chi connectivity index (χ4n) is 2.41. The van der Waals surface area contributed by atoms with Crippen LogP contribution in [0.15, 0.2) is 22.7 Å². The lowest BCUT2D eigenvalue weighted by Gasteiger charge is -2.22. The van der Waals surface area contributed by atoms with Crippen LogP contribution in [0.1, 0.15) is 38.8 Å². The fourth-order valence-corrected chi connectivity index (χ4v) is 3.14. The zero-order valence-electron chi connectivity index (χ0n) is 10.8. The third kappa shape index (κ3) is 2.83. The second-order valence-corrected chi connectivity index (χ2v) is 6.68. The lowest BCUT2D eigenvalue weighted by Crippen LogP contribution is -2.22. The minimum Gasteiger partial charge on any atom is -0.371 e. The average Bonchev–Trinajstić information content (AvgIpc) is 2.58. The highest BCUT2D eigenvalue weighted by atomic mass is 79.9. The van der Waals surface area contributed by atoms with E-state index in [-0.39, 0.29) is 6.04 Å². The molecule has 0 bridgehead atoms. The van der Waals surface area contributed by atoms with Gasteiger partial charge in [0, 0.05) is 29.3 Å². The second-order valence-electron chi connectivity index (χ2n) is 5.83. The molecule has 0 saturated carbocycles. The van der Waals surface area contributed by atoms with Crippen LogP contribution >= 0.6 is 15.9 Å². The van der Waals surface area contributed by atoms with E-state index >= 15 is 0 Å². The summed E-state index contributed by atoms with van der Waals surface area (Å²) < 4.78 is 1.12. The number of benzene rings is 1. The normalized spacial score (nSPS) is 20.6. The second kappa shape index (κ2) is 4.62. The van der Waals surface area contributed by atoms with Gasteiger partial charge in [-0.1, -0.05) is 35.8 Å². The van der Waals surface area contributed by atoms with Crippen molar-refractivity contribution in [3.8, 4) is 0 Å². The lowest BCUT2D eigenvalue weighted by molar-refractivity contribution is 0.418. The number of hydrogen-bond donors (Lipinski definition) is 1. The van der Waals surface area contributed by atoms with Crippen molar-refractivity contribution in [1.29, 1.82) is 0 Å². The summed E-state index contributed by atoms with van der Waals surface area (Å²) in [7, 11) is 0. The van der Waals surface area contributed by atoms with Crippen LogP contribution in [0.3, 0.4) is 0 Å². The van der Waals surface area contributed by atoms with Crippen molar-refractivity contribution < 1.29 is 0 Å². The molecule has 17 heavy (non-hydrogen) atoms. The molecule has 0 unspecified atom stereocenters. The molecule has 1 saturated heterocycles. The maximum Gasteiger partial charge on any atom is 0.0377 e. The van der Waals surface area contributed by atoms with Crippen molar-refractivity contribution in [2.75, 3.05) is 18.0 Å². The van der Waals surface area contributed by atoms with Crippen LogP contribution in [-0.2, 0) is 0 Å². The standard InChI is InChI=1S/C14H21BrN2/c1-10(16)12-5-4-11(8-13(12)15)17-7-6-14(2,3)9-17/h4-5,8,10H,6-7,9,16H2,1-3H3/t10-/m0/s1. The Balaban J connectivity index is 2.21. The first-order chi connectivity index (χ1) is 7.89. The van der Waals surface area contributed by atoms with Crippen molar-refractivity contribution in [3.63, 3.8) is 0 Å².